The number of aromatic amines is 1. The molecule has 5 heterocycles. The SMILES string of the molecule is CC(=O)Nc1cc2c(-c3cc(OCC[C@@H](C)O)c4c(n3)C3(CCOC3)OCC4)c[nH]c2cn1. The maximum Gasteiger partial charge on any atom is 0.222 e. The molecule has 1 saturated heterocycles. The Morgan fingerprint density at radius 1 is 1.39 bits per heavy atom. The van der Waals surface area contributed by atoms with E-state index in [1.54, 1.807) is 13.1 Å². The van der Waals surface area contributed by atoms with Crippen molar-refractivity contribution in [3.8, 4) is 17.0 Å². The standard InChI is InChI=1S/C24H28N4O5/c1-14(29)3-6-32-21-10-19(28-23-16(21)4-7-33-24(23)5-8-31-13-24)18-11-25-20-12-26-22(9-17(18)20)27-15(2)30/h9-12,14,25,29H,3-8,13H2,1-2H3,(H,26,27,30)/t14-,24?/m1/s1. The Labute approximate surface area is 191 Å². The van der Waals surface area contributed by atoms with Gasteiger partial charge in [-0.25, -0.2) is 9.97 Å². The minimum absolute atomic E-state index is 0.181. The van der Waals surface area contributed by atoms with Crippen molar-refractivity contribution >= 4 is 22.6 Å². The van der Waals surface area contributed by atoms with E-state index in [0.29, 0.717) is 45.1 Å². The maximum absolute atomic E-state index is 11.5. The third kappa shape index (κ3) is 4.19. The Hall–Kier alpha value is -3.01. The molecule has 0 aromatic carbocycles. The fourth-order valence-corrected chi connectivity index (χ4v) is 4.52. The molecule has 1 spiro atoms. The van der Waals surface area contributed by atoms with Gasteiger partial charge in [0.15, 0.2) is 0 Å². The Kier molecular flexibility index (Phi) is 5.77. The highest BCUT2D eigenvalue weighted by Gasteiger charge is 2.44. The number of fused-ring (bicyclic) bond motifs is 3. The molecule has 1 unspecified atom stereocenters. The molecule has 2 aliphatic rings. The van der Waals surface area contributed by atoms with Crippen LogP contribution in [0.15, 0.2) is 24.5 Å². The fourth-order valence-electron chi connectivity index (χ4n) is 4.52. The molecule has 0 aliphatic carbocycles. The average molecular weight is 453 g/mol. The first-order chi connectivity index (χ1) is 15.9. The number of aliphatic hydroxyl groups is 1. The smallest absolute Gasteiger partial charge is 0.222 e. The van der Waals surface area contributed by atoms with E-state index < -0.39 is 11.7 Å². The molecule has 174 valence electrons. The van der Waals surface area contributed by atoms with Crippen LogP contribution in [0.25, 0.3) is 22.2 Å². The highest BCUT2D eigenvalue weighted by molar-refractivity contribution is 5.97. The molecule has 3 aromatic heterocycles. The van der Waals surface area contributed by atoms with E-state index in [4.69, 9.17) is 19.2 Å². The van der Waals surface area contributed by atoms with Gasteiger partial charge in [0.05, 0.1) is 49.0 Å². The van der Waals surface area contributed by atoms with E-state index >= 15 is 0 Å². The van der Waals surface area contributed by atoms with Gasteiger partial charge in [-0.05, 0) is 13.0 Å². The Bertz CT molecular complexity index is 1180. The molecule has 3 N–H and O–H groups in total. The number of ether oxygens (including phenoxy) is 3. The predicted molar refractivity (Wildman–Crippen MR) is 122 cm³/mol. The van der Waals surface area contributed by atoms with Gasteiger partial charge in [0.25, 0.3) is 0 Å². The van der Waals surface area contributed by atoms with Crippen molar-refractivity contribution in [3.63, 3.8) is 0 Å². The van der Waals surface area contributed by atoms with Crippen molar-refractivity contribution in [2.24, 2.45) is 0 Å². The Morgan fingerprint density at radius 3 is 3.03 bits per heavy atom. The number of hydrogen-bond donors (Lipinski definition) is 3. The van der Waals surface area contributed by atoms with Crippen LogP contribution in [0.1, 0.15) is 37.9 Å². The Balaban J connectivity index is 1.62. The largest absolute Gasteiger partial charge is 0.493 e. The van der Waals surface area contributed by atoms with E-state index in [0.717, 1.165) is 45.6 Å². The van der Waals surface area contributed by atoms with Crippen molar-refractivity contribution in [3.05, 3.63) is 35.8 Å². The lowest BCUT2D eigenvalue weighted by atomic mass is 9.89. The first-order valence-corrected chi connectivity index (χ1v) is 11.3. The minimum Gasteiger partial charge on any atom is -0.493 e. The topological polar surface area (TPSA) is 119 Å². The summed E-state index contributed by atoms with van der Waals surface area (Å²) in [6.07, 6.45) is 5.13. The summed E-state index contributed by atoms with van der Waals surface area (Å²) in [5, 5.41) is 13.3. The van der Waals surface area contributed by atoms with Gasteiger partial charge >= 0.3 is 0 Å². The lowest BCUT2D eigenvalue weighted by Gasteiger charge is -2.34. The Morgan fingerprint density at radius 2 is 2.27 bits per heavy atom. The number of pyridine rings is 2. The molecule has 1 amide bonds. The van der Waals surface area contributed by atoms with Gasteiger partial charge in [-0.3, -0.25) is 4.79 Å². The number of H-pyrrole nitrogens is 1. The molecule has 0 saturated carbocycles. The second-order valence-corrected chi connectivity index (χ2v) is 8.71. The van der Waals surface area contributed by atoms with Crippen LogP contribution in [0.3, 0.4) is 0 Å². The molecule has 1 fully saturated rings. The number of aromatic nitrogens is 3. The van der Waals surface area contributed by atoms with Crippen LogP contribution in [-0.4, -0.2) is 58.5 Å². The van der Waals surface area contributed by atoms with Crippen molar-refractivity contribution in [1.82, 2.24) is 15.0 Å². The molecule has 2 atom stereocenters. The molecule has 2 aliphatic heterocycles. The summed E-state index contributed by atoms with van der Waals surface area (Å²) in [6.45, 7) is 5.29. The van der Waals surface area contributed by atoms with Crippen LogP contribution in [-0.2, 0) is 26.3 Å². The van der Waals surface area contributed by atoms with Crippen LogP contribution in [0.5, 0.6) is 5.75 Å². The number of nitrogens with zero attached hydrogens (tertiary/aromatic N) is 2. The second-order valence-electron chi connectivity index (χ2n) is 8.71. The molecule has 33 heavy (non-hydrogen) atoms. The highest BCUT2D eigenvalue weighted by Crippen LogP contribution is 2.43. The number of amides is 1. The predicted octanol–water partition coefficient (Wildman–Crippen LogP) is 2.92. The minimum atomic E-state index is -0.568. The average Bonchev–Trinajstić information content (AvgIpc) is 3.41. The van der Waals surface area contributed by atoms with Gasteiger partial charge in [-0.1, -0.05) is 0 Å². The molecular weight excluding hydrogens is 424 g/mol. The van der Waals surface area contributed by atoms with Gasteiger partial charge in [-0.15, -0.1) is 0 Å². The molecule has 5 rings (SSSR count). The van der Waals surface area contributed by atoms with Crippen molar-refractivity contribution in [1.29, 1.82) is 0 Å². The molecule has 0 radical (unpaired) electrons. The summed E-state index contributed by atoms with van der Waals surface area (Å²) < 4.78 is 18.1. The van der Waals surface area contributed by atoms with Gasteiger partial charge in [0, 0.05) is 61.6 Å². The third-order valence-electron chi connectivity index (χ3n) is 6.17. The van der Waals surface area contributed by atoms with Crippen molar-refractivity contribution < 1.29 is 24.1 Å². The first-order valence-electron chi connectivity index (χ1n) is 11.3. The summed E-state index contributed by atoms with van der Waals surface area (Å²) in [5.74, 6) is 1.06. The van der Waals surface area contributed by atoms with Gasteiger partial charge in [-0.2, -0.15) is 0 Å². The van der Waals surface area contributed by atoms with E-state index in [-0.39, 0.29) is 5.91 Å². The summed E-state index contributed by atoms with van der Waals surface area (Å²) in [7, 11) is 0. The number of anilines is 1. The zero-order valence-electron chi connectivity index (χ0n) is 18.8. The zero-order chi connectivity index (χ0) is 23.0. The highest BCUT2D eigenvalue weighted by atomic mass is 16.6. The summed E-state index contributed by atoms with van der Waals surface area (Å²) >= 11 is 0. The molecule has 0 bridgehead atoms. The lowest BCUT2D eigenvalue weighted by Crippen LogP contribution is -2.37. The lowest BCUT2D eigenvalue weighted by molar-refractivity contribution is -0.114. The van der Waals surface area contributed by atoms with Gasteiger partial charge < -0.3 is 29.6 Å². The van der Waals surface area contributed by atoms with E-state index in [1.165, 1.54) is 6.92 Å². The van der Waals surface area contributed by atoms with Crippen LogP contribution in [0.2, 0.25) is 0 Å². The number of carbonyl (C=O) groups is 1. The van der Waals surface area contributed by atoms with Crippen molar-refractivity contribution in [2.45, 2.75) is 44.8 Å². The number of aliphatic hydroxyl groups excluding tert-OH is 1. The number of hydrogen-bond acceptors (Lipinski definition) is 7. The van der Waals surface area contributed by atoms with Gasteiger partial charge in [0.1, 0.15) is 17.2 Å². The molecule has 9 heteroatoms. The summed E-state index contributed by atoms with van der Waals surface area (Å²) in [4.78, 5) is 24.1. The number of nitrogens with one attached hydrogen (secondary N) is 2. The third-order valence-corrected chi connectivity index (χ3v) is 6.17. The van der Waals surface area contributed by atoms with Crippen LogP contribution in [0.4, 0.5) is 5.82 Å². The summed E-state index contributed by atoms with van der Waals surface area (Å²) in [6, 6.07) is 3.79. The number of carbonyl (C=O) groups excluding carboxylic acids is 1. The number of rotatable bonds is 6. The summed E-state index contributed by atoms with van der Waals surface area (Å²) in [5.41, 5.74) is 3.79. The van der Waals surface area contributed by atoms with Crippen molar-refractivity contribution in [2.75, 3.05) is 31.7 Å². The van der Waals surface area contributed by atoms with Gasteiger partial charge in [0.2, 0.25) is 5.91 Å². The molecule has 9 nitrogen and oxygen atoms in total. The quantitative estimate of drug-likeness (QED) is 0.526. The van der Waals surface area contributed by atoms with E-state index in [1.807, 2.05) is 18.3 Å². The maximum atomic E-state index is 11.5. The molecule has 3 aromatic rings. The van der Waals surface area contributed by atoms with E-state index in [9.17, 15) is 9.90 Å². The van der Waals surface area contributed by atoms with Crippen LogP contribution < -0.4 is 10.1 Å². The molecular formula is C24H28N4O5. The van der Waals surface area contributed by atoms with E-state index in [2.05, 4.69) is 15.3 Å². The van der Waals surface area contributed by atoms with Crippen LogP contribution in [0, 0.1) is 0 Å². The zero-order valence-corrected chi connectivity index (χ0v) is 18.8. The normalized spacial score (nSPS) is 20.7. The van der Waals surface area contributed by atoms with Crippen LogP contribution >= 0.6 is 0 Å². The fraction of sp³-hybridized carbons (Fsp3) is 0.458. The monoisotopic (exact) mass is 452 g/mol. The first kappa shape index (κ1) is 21.8. The second kappa shape index (κ2) is 8.74.